The topological polar surface area (TPSA) is 37.3 Å². The maximum atomic E-state index is 10.4. The lowest BCUT2D eigenvalue weighted by atomic mass is 10.0. The molecule has 0 spiro atoms. The van der Waals surface area contributed by atoms with Gasteiger partial charge in [0.25, 0.3) is 0 Å². The third kappa shape index (κ3) is 4.99. The van der Waals surface area contributed by atoms with Gasteiger partial charge in [-0.3, -0.25) is 4.79 Å². The van der Waals surface area contributed by atoms with Gasteiger partial charge in [-0.15, -0.1) is 0 Å². The first kappa shape index (κ1) is 18.3. The van der Waals surface area contributed by atoms with Gasteiger partial charge in [-0.2, -0.15) is 0 Å². The predicted molar refractivity (Wildman–Crippen MR) is 106 cm³/mol. The highest BCUT2D eigenvalue weighted by Crippen LogP contribution is 2.36. The fourth-order valence-electron chi connectivity index (χ4n) is 3.58. The quantitative estimate of drug-likeness (QED) is 0.412. The Hall–Kier alpha value is -2.53. The van der Waals surface area contributed by atoms with Crippen molar-refractivity contribution in [2.45, 2.75) is 57.8 Å². The number of rotatable bonds is 8. The van der Waals surface area contributed by atoms with Crippen LogP contribution in [0.3, 0.4) is 0 Å². The van der Waals surface area contributed by atoms with Gasteiger partial charge in [0.1, 0.15) is 0 Å². The number of aliphatic carboxylic acids is 1. The van der Waals surface area contributed by atoms with Crippen molar-refractivity contribution in [2.75, 3.05) is 0 Å². The highest BCUT2D eigenvalue weighted by atomic mass is 16.4. The molecule has 134 valence electrons. The van der Waals surface area contributed by atoms with Gasteiger partial charge in [-0.25, -0.2) is 0 Å². The van der Waals surface area contributed by atoms with Gasteiger partial charge in [0.05, 0.1) is 0 Å². The summed E-state index contributed by atoms with van der Waals surface area (Å²) in [5, 5.41) is 8.59. The minimum atomic E-state index is -0.685. The van der Waals surface area contributed by atoms with Gasteiger partial charge >= 0.3 is 5.97 Å². The Morgan fingerprint density at radius 3 is 2.46 bits per heavy atom. The number of hydrogen-bond acceptors (Lipinski definition) is 1. The summed E-state index contributed by atoms with van der Waals surface area (Å²) in [5.41, 5.74) is 6.64. The molecule has 0 unspecified atom stereocenters. The number of hydrogen-bond donors (Lipinski definition) is 1. The van der Waals surface area contributed by atoms with Crippen molar-refractivity contribution in [3.8, 4) is 23.0 Å². The van der Waals surface area contributed by atoms with Crippen LogP contribution in [-0.2, 0) is 11.2 Å². The van der Waals surface area contributed by atoms with E-state index in [1.165, 1.54) is 35.1 Å². The summed E-state index contributed by atoms with van der Waals surface area (Å²) in [6.45, 7) is 0. The lowest BCUT2D eigenvalue weighted by Gasteiger charge is -2.01. The van der Waals surface area contributed by atoms with Crippen LogP contribution in [0.15, 0.2) is 42.5 Å². The number of carbonyl (C=O) groups is 1. The first-order valence-corrected chi connectivity index (χ1v) is 9.66. The highest BCUT2D eigenvalue weighted by Gasteiger charge is 2.17. The first-order valence-electron chi connectivity index (χ1n) is 9.66. The fraction of sp³-hybridized carbons (Fsp3) is 0.375. The summed E-state index contributed by atoms with van der Waals surface area (Å²) in [6, 6.07) is 15.2. The molecule has 0 bridgehead atoms. The Kier molecular flexibility index (Phi) is 6.50. The highest BCUT2D eigenvalue weighted by molar-refractivity contribution is 5.77. The zero-order chi connectivity index (χ0) is 18.2. The molecule has 3 rings (SSSR count). The maximum absolute atomic E-state index is 10.4. The van der Waals surface area contributed by atoms with Crippen molar-refractivity contribution in [1.82, 2.24) is 0 Å². The van der Waals surface area contributed by atoms with E-state index in [0.29, 0.717) is 6.42 Å². The van der Waals surface area contributed by atoms with Crippen LogP contribution < -0.4 is 0 Å². The molecule has 0 aromatic heterocycles. The van der Waals surface area contributed by atoms with E-state index in [2.05, 4.69) is 54.3 Å². The molecular formula is C24H26O2. The van der Waals surface area contributed by atoms with Gasteiger partial charge in [-0.05, 0) is 53.6 Å². The van der Waals surface area contributed by atoms with Crippen LogP contribution in [0.5, 0.6) is 0 Å². The van der Waals surface area contributed by atoms with Crippen LogP contribution in [0, 0.1) is 11.8 Å². The zero-order valence-corrected chi connectivity index (χ0v) is 15.3. The molecule has 0 radical (unpaired) electrons. The molecular weight excluding hydrogens is 320 g/mol. The Labute approximate surface area is 156 Å². The van der Waals surface area contributed by atoms with Crippen LogP contribution in [-0.4, -0.2) is 11.1 Å². The molecule has 0 amide bonds. The smallest absolute Gasteiger partial charge is 0.303 e. The van der Waals surface area contributed by atoms with E-state index >= 15 is 0 Å². The maximum Gasteiger partial charge on any atom is 0.303 e. The Bertz CT molecular complexity index is 824. The summed E-state index contributed by atoms with van der Waals surface area (Å²) in [4.78, 5) is 10.4. The molecule has 2 aromatic carbocycles. The van der Waals surface area contributed by atoms with Gasteiger partial charge < -0.3 is 5.11 Å². The average molecular weight is 346 g/mol. The molecule has 0 fully saturated rings. The minimum Gasteiger partial charge on any atom is -0.481 e. The molecule has 0 saturated carbocycles. The van der Waals surface area contributed by atoms with Gasteiger partial charge in [0.15, 0.2) is 0 Å². The van der Waals surface area contributed by atoms with E-state index < -0.39 is 5.97 Å². The number of carboxylic acid groups (broad SMARTS) is 1. The Morgan fingerprint density at radius 2 is 1.62 bits per heavy atom. The minimum absolute atomic E-state index is 0.303. The van der Waals surface area contributed by atoms with Crippen LogP contribution >= 0.6 is 0 Å². The lowest BCUT2D eigenvalue weighted by molar-refractivity contribution is -0.137. The van der Waals surface area contributed by atoms with E-state index in [-0.39, 0.29) is 0 Å². The Balaban J connectivity index is 1.39. The zero-order valence-electron chi connectivity index (χ0n) is 15.3. The van der Waals surface area contributed by atoms with Gasteiger partial charge in [0, 0.05) is 18.4 Å². The number of fused-ring (bicyclic) bond motifs is 3. The third-order valence-electron chi connectivity index (χ3n) is 4.97. The van der Waals surface area contributed by atoms with Crippen molar-refractivity contribution in [3.63, 3.8) is 0 Å². The van der Waals surface area contributed by atoms with Gasteiger partial charge in [0.2, 0.25) is 0 Å². The monoisotopic (exact) mass is 346 g/mol. The summed E-state index contributed by atoms with van der Waals surface area (Å²) in [7, 11) is 0. The Morgan fingerprint density at radius 1 is 0.885 bits per heavy atom. The number of unbranched alkanes of at least 4 members (excludes halogenated alkanes) is 6. The molecule has 2 aromatic rings. The van der Waals surface area contributed by atoms with Crippen molar-refractivity contribution in [1.29, 1.82) is 0 Å². The molecule has 0 saturated heterocycles. The lowest BCUT2D eigenvalue weighted by Crippen LogP contribution is -1.93. The van der Waals surface area contributed by atoms with Crippen molar-refractivity contribution >= 4 is 5.97 Å². The van der Waals surface area contributed by atoms with Crippen LogP contribution in [0.4, 0.5) is 0 Å². The van der Waals surface area contributed by atoms with Crippen molar-refractivity contribution in [3.05, 3.63) is 59.2 Å². The molecule has 1 aliphatic rings. The standard InChI is InChI=1S/C24H26O2/c25-24(26)14-8-6-4-2-1-3-5-7-11-19-15-16-23-21(17-19)18-20-12-9-10-13-22(20)23/h9-10,12-13,15-17H,1-6,8,14,18H2,(H,25,26). The molecule has 2 nitrogen and oxygen atoms in total. The normalized spacial score (nSPS) is 11.4. The molecule has 0 heterocycles. The summed E-state index contributed by atoms with van der Waals surface area (Å²) in [6.07, 6.45) is 8.70. The van der Waals surface area contributed by atoms with Crippen LogP contribution in [0.25, 0.3) is 11.1 Å². The number of benzene rings is 2. The van der Waals surface area contributed by atoms with Crippen molar-refractivity contribution in [2.24, 2.45) is 0 Å². The molecule has 2 heteroatoms. The molecule has 26 heavy (non-hydrogen) atoms. The number of carboxylic acids is 1. The molecule has 0 aliphatic heterocycles. The average Bonchev–Trinajstić information content (AvgIpc) is 3.00. The third-order valence-corrected chi connectivity index (χ3v) is 4.97. The van der Waals surface area contributed by atoms with E-state index in [4.69, 9.17) is 5.11 Å². The summed E-state index contributed by atoms with van der Waals surface area (Å²) in [5.74, 6) is 5.93. The van der Waals surface area contributed by atoms with Crippen molar-refractivity contribution < 1.29 is 9.90 Å². The SMILES string of the molecule is O=C(O)CCCCCCCCC#Cc1ccc2c(c1)Cc1ccccc1-2. The first-order chi connectivity index (χ1) is 12.7. The second-order valence-corrected chi connectivity index (χ2v) is 7.02. The second kappa shape index (κ2) is 9.25. The predicted octanol–water partition coefficient (Wildman–Crippen LogP) is 5.81. The largest absolute Gasteiger partial charge is 0.481 e. The van der Waals surface area contributed by atoms with Crippen LogP contribution in [0.2, 0.25) is 0 Å². The van der Waals surface area contributed by atoms with E-state index in [0.717, 1.165) is 44.1 Å². The molecule has 1 aliphatic carbocycles. The summed E-state index contributed by atoms with van der Waals surface area (Å²) < 4.78 is 0. The van der Waals surface area contributed by atoms with E-state index in [1.807, 2.05) is 0 Å². The fourth-order valence-corrected chi connectivity index (χ4v) is 3.58. The molecule has 1 N–H and O–H groups in total. The van der Waals surface area contributed by atoms with Crippen LogP contribution in [0.1, 0.15) is 68.1 Å². The summed E-state index contributed by atoms with van der Waals surface area (Å²) >= 11 is 0. The molecule has 0 atom stereocenters. The van der Waals surface area contributed by atoms with Gasteiger partial charge in [-0.1, -0.05) is 67.9 Å². The van der Waals surface area contributed by atoms with E-state index in [9.17, 15) is 4.79 Å². The second-order valence-electron chi connectivity index (χ2n) is 7.02. The van der Waals surface area contributed by atoms with E-state index in [1.54, 1.807) is 0 Å².